The number of carbonyl (C=O) groups is 1. The van der Waals surface area contributed by atoms with Crippen molar-refractivity contribution in [2.45, 2.75) is 33.2 Å². The summed E-state index contributed by atoms with van der Waals surface area (Å²) in [6.07, 6.45) is 2.38. The van der Waals surface area contributed by atoms with Gasteiger partial charge in [0.1, 0.15) is 11.8 Å². The molecule has 0 saturated heterocycles. The van der Waals surface area contributed by atoms with Crippen molar-refractivity contribution in [2.75, 3.05) is 7.05 Å². The summed E-state index contributed by atoms with van der Waals surface area (Å²) in [7, 11) is 1.79. The summed E-state index contributed by atoms with van der Waals surface area (Å²) in [6, 6.07) is 5.37. The van der Waals surface area contributed by atoms with Gasteiger partial charge in [-0.25, -0.2) is 4.98 Å². The number of aromatic nitrogens is 1. The lowest BCUT2D eigenvalue weighted by atomic mass is 10.0. The normalized spacial score (nSPS) is 12.0. The summed E-state index contributed by atoms with van der Waals surface area (Å²) in [5, 5.41) is 8.68. The van der Waals surface area contributed by atoms with Crippen LogP contribution in [0.1, 0.15) is 43.2 Å². The summed E-state index contributed by atoms with van der Waals surface area (Å²) < 4.78 is 0. The van der Waals surface area contributed by atoms with Gasteiger partial charge in [0.15, 0.2) is 0 Å². The second kappa shape index (κ2) is 6.15. The largest absolute Gasteiger partial charge is 0.338 e. The average molecular weight is 245 g/mol. The number of carbonyl (C=O) groups excluding carboxylic acids is 1. The van der Waals surface area contributed by atoms with Crippen molar-refractivity contribution < 1.29 is 4.79 Å². The smallest absolute Gasteiger partial charge is 0.272 e. The minimum Gasteiger partial charge on any atom is -0.338 e. The van der Waals surface area contributed by atoms with Gasteiger partial charge in [-0.2, -0.15) is 5.26 Å². The Bertz CT molecular complexity index is 445. The number of hydrogen-bond donors (Lipinski definition) is 0. The summed E-state index contributed by atoms with van der Waals surface area (Å²) >= 11 is 0. The highest BCUT2D eigenvalue weighted by atomic mass is 16.2. The van der Waals surface area contributed by atoms with Crippen LogP contribution in [0.2, 0.25) is 0 Å². The lowest BCUT2D eigenvalue weighted by Crippen LogP contribution is -2.36. The monoisotopic (exact) mass is 245 g/mol. The molecule has 1 atom stereocenters. The molecular weight excluding hydrogens is 226 g/mol. The molecule has 0 radical (unpaired) electrons. The molecule has 0 aliphatic heterocycles. The predicted molar refractivity (Wildman–Crippen MR) is 70.0 cm³/mol. The Balaban J connectivity index is 2.77. The van der Waals surface area contributed by atoms with Gasteiger partial charge in [-0.1, -0.05) is 13.8 Å². The minimum atomic E-state index is -0.104. The predicted octanol–water partition coefficient (Wildman–Crippen LogP) is 2.46. The van der Waals surface area contributed by atoms with Gasteiger partial charge in [-0.3, -0.25) is 4.79 Å². The highest BCUT2D eigenvalue weighted by Gasteiger charge is 2.19. The van der Waals surface area contributed by atoms with E-state index in [9.17, 15) is 4.79 Å². The molecular formula is C14H19N3O. The molecule has 0 bridgehead atoms. The zero-order valence-corrected chi connectivity index (χ0v) is 11.3. The Morgan fingerprint density at radius 3 is 2.56 bits per heavy atom. The summed E-state index contributed by atoms with van der Waals surface area (Å²) in [6.45, 7) is 6.30. The van der Waals surface area contributed by atoms with E-state index in [-0.39, 0.29) is 11.9 Å². The minimum absolute atomic E-state index is 0.104. The Morgan fingerprint density at radius 1 is 1.44 bits per heavy atom. The first-order valence-corrected chi connectivity index (χ1v) is 6.09. The van der Waals surface area contributed by atoms with Crippen molar-refractivity contribution in [3.05, 3.63) is 29.6 Å². The van der Waals surface area contributed by atoms with E-state index in [2.05, 4.69) is 18.8 Å². The van der Waals surface area contributed by atoms with Crippen LogP contribution in [0.15, 0.2) is 18.3 Å². The van der Waals surface area contributed by atoms with Crippen LogP contribution in [0, 0.1) is 17.2 Å². The second-order valence-corrected chi connectivity index (χ2v) is 4.94. The van der Waals surface area contributed by atoms with Crippen LogP contribution >= 0.6 is 0 Å². The van der Waals surface area contributed by atoms with E-state index < -0.39 is 0 Å². The highest BCUT2D eigenvalue weighted by molar-refractivity contribution is 5.92. The van der Waals surface area contributed by atoms with Gasteiger partial charge >= 0.3 is 0 Å². The van der Waals surface area contributed by atoms with E-state index in [1.165, 1.54) is 6.20 Å². The van der Waals surface area contributed by atoms with E-state index >= 15 is 0 Å². The number of pyridine rings is 1. The van der Waals surface area contributed by atoms with E-state index in [1.54, 1.807) is 24.1 Å². The van der Waals surface area contributed by atoms with Gasteiger partial charge in [0.25, 0.3) is 5.91 Å². The maximum Gasteiger partial charge on any atom is 0.272 e. The third kappa shape index (κ3) is 3.56. The summed E-state index contributed by atoms with van der Waals surface area (Å²) in [4.78, 5) is 17.9. The van der Waals surface area contributed by atoms with Gasteiger partial charge in [0.05, 0.1) is 5.56 Å². The van der Waals surface area contributed by atoms with Crippen LogP contribution in [0.4, 0.5) is 0 Å². The number of nitrogens with zero attached hydrogens (tertiary/aromatic N) is 3. The Morgan fingerprint density at radius 2 is 2.11 bits per heavy atom. The fourth-order valence-corrected chi connectivity index (χ4v) is 1.81. The SMILES string of the molecule is CC(C)CC(C)N(C)C(=O)c1ccc(C#N)cn1. The molecule has 4 nitrogen and oxygen atoms in total. The molecule has 1 heterocycles. The summed E-state index contributed by atoms with van der Waals surface area (Å²) in [5.41, 5.74) is 0.844. The van der Waals surface area contributed by atoms with Crippen LogP contribution < -0.4 is 0 Å². The van der Waals surface area contributed by atoms with Gasteiger partial charge in [0, 0.05) is 19.3 Å². The first kappa shape index (κ1) is 14.2. The second-order valence-electron chi connectivity index (χ2n) is 4.94. The first-order valence-electron chi connectivity index (χ1n) is 6.09. The van der Waals surface area contributed by atoms with Gasteiger partial charge in [0.2, 0.25) is 0 Å². The molecule has 0 aliphatic rings. The Kier molecular flexibility index (Phi) is 4.85. The van der Waals surface area contributed by atoms with Crippen LogP contribution in [0.25, 0.3) is 0 Å². The highest BCUT2D eigenvalue weighted by Crippen LogP contribution is 2.12. The molecule has 1 amide bonds. The molecule has 1 aromatic heterocycles. The molecule has 1 aromatic rings. The number of amides is 1. The van der Waals surface area contributed by atoms with Crippen LogP contribution in [0.5, 0.6) is 0 Å². The molecule has 0 aliphatic carbocycles. The Labute approximate surface area is 108 Å². The molecule has 0 spiro atoms. The van der Waals surface area contributed by atoms with E-state index in [0.717, 1.165) is 6.42 Å². The number of nitriles is 1. The standard InChI is InChI=1S/C14H19N3O/c1-10(2)7-11(3)17(4)14(18)13-6-5-12(8-15)9-16-13/h5-6,9-11H,7H2,1-4H3. The molecule has 0 fully saturated rings. The van der Waals surface area contributed by atoms with Crippen molar-refractivity contribution in [2.24, 2.45) is 5.92 Å². The van der Waals surface area contributed by atoms with E-state index in [1.807, 2.05) is 13.0 Å². The Hall–Kier alpha value is -1.89. The third-order valence-electron chi connectivity index (χ3n) is 2.91. The van der Waals surface area contributed by atoms with Crippen molar-refractivity contribution >= 4 is 5.91 Å². The average Bonchev–Trinajstić information content (AvgIpc) is 2.36. The molecule has 4 heteroatoms. The van der Waals surface area contributed by atoms with Gasteiger partial charge < -0.3 is 4.90 Å². The topological polar surface area (TPSA) is 57.0 Å². The maximum atomic E-state index is 12.1. The van der Waals surface area contributed by atoms with Crippen LogP contribution in [-0.4, -0.2) is 28.9 Å². The third-order valence-corrected chi connectivity index (χ3v) is 2.91. The van der Waals surface area contributed by atoms with Crippen molar-refractivity contribution in [3.8, 4) is 6.07 Å². The zero-order chi connectivity index (χ0) is 13.7. The lowest BCUT2D eigenvalue weighted by molar-refractivity contribution is 0.0722. The fraction of sp³-hybridized carbons (Fsp3) is 0.500. The molecule has 96 valence electrons. The lowest BCUT2D eigenvalue weighted by Gasteiger charge is -2.26. The van der Waals surface area contributed by atoms with Crippen molar-refractivity contribution in [1.29, 1.82) is 5.26 Å². The number of rotatable bonds is 4. The van der Waals surface area contributed by atoms with Gasteiger partial charge in [-0.15, -0.1) is 0 Å². The fourth-order valence-electron chi connectivity index (χ4n) is 1.81. The van der Waals surface area contributed by atoms with Crippen molar-refractivity contribution in [1.82, 2.24) is 9.88 Å². The van der Waals surface area contributed by atoms with Crippen LogP contribution in [0.3, 0.4) is 0 Å². The maximum absolute atomic E-state index is 12.1. The van der Waals surface area contributed by atoms with Gasteiger partial charge in [-0.05, 0) is 31.4 Å². The molecule has 0 saturated carbocycles. The van der Waals surface area contributed by atoms with Crippen LogP contribution in [-0.2, 0) is 0 Å². The quantitative estimate of drug-likeness (QED) is 0.818. The number of hydrogen-bond acceptors (Lipinski definition) is 3. The van der Waals surface area contributed by atoms with Crippen molar-refractivity contribution in [3.63, 3.8) is 0 Å². The first-order chi connectivity index (χ1) is 8.45. The summed E-state index contributed by atoms with van der Waals surface area (Å²) in [5.74, 6) is 0.441. The molecule has 0 aromatic carbocycles. The molecule has 1 rings (SSSR count). The molecule has 18 heavy (non-hydrogen) atoms. The van der Waals surface area contributed by atoms with E-state index in [4.69, 9.17) is 5.26 Å². The van der Waals surface area contributed by atoms with E-state index in [0.29, 0.717) is 17.2 Å². The molecule has 1 unspecified atom stereocenters. The zero-order valence-electron chi connectivity index (χ0n) is 11.3. The molecule has 0 N–H and O–H groups in total.